The van der Waals surface area contributed by atoms with Crippen LogP contribution < -0.4 is 15.8 Å². The van der Waals surface area contributed by atoms with Crippen LogP contribution in [0, 0.1) is 6.92 Å². The highest BCUT2D eigenvalue weighted by molar-refractivity contribution is 6.06. The highest BCUT2D eigenvalue weighted by Gasteiger charge is 2.17. The number of hydrogen-bond acceptors (Lipinski definition) is 4. The number of nitrogens with one attached hydrogen (secondary N) is 1. The Hall–Kier alpha value is -3.12. The van der Waals surface area contributed by atoms with Crippen molar-refractivity contribution in [3.63, 3.8) is 0 Å². The number of fused-ring (bicyclic) bond motifs is 1. The van der Waals surface area contributed by atoms with Crippen LogP contribution in [0.4, 0.5) is 11.4 Å². The maximum Gasteiger partial charge on any atom is 0.255 e. The monoisotopic (exact) mass is 391 g/mol. The molecule has 6 heteroatoms. The summed E-state index contributed by atoms with van der Waals surface area (Å²) in [5, 5.41) is 3.94. The molecule has 3 aromatic rings. The lowest BCUT2D eigenvalue weighted by molar-refractivity contribution is 0.102. The standard InChI is InChI=1S/C23H25N3O3/c1-3-26-20-9-8-18(24-23(28)17-6-4-16(2)5-7-17)14-19(20)21(15-22(26)27)25-10-12-29-13-11-25/h4-9,14-15H,3,10-13H2,1-2H3,(H,24,28). The molecule has 6 nitrogen and oxygen atoms in total. The predicted octanol–water partition coefficient (Wildman–Crippen LogP) is 3.42. The second kappa shape index (κ2) is 8.09. The van der Waals surface area contributed by atoms with Gasteiger partial charge in [0, 0.05) is 42.3 Å². The lowest BCUT2D eigenvalue weighted by Gasteiger charge is -2.30. The molecule has 1 aliphatic heterocycles. The average molecular weight is 391 g/mol. The van der Waals surface area contributed by atoms with Gasteiger partial charge in [-0.2, -0.15) is 0 Å². The van der Waals surface area contributed by atoms with Crippen LogP contribution in [-0.2, 0) is 11.3 Å². The average Bonchev–Trinajstić information content (AvgIpc) is 2.74. The predicted molar refractivity (Wildman–Crippen MR) is 116 cm³/mol. The zero-order chi connectivity index (χ0) is 20.4. The first-order valence-electron chi connectivity index (χ1n) is 9.95. The topological polar surface area (TPSA) is 63.6 Å². The zero-order valence-corrected chi connectivity index (χ0v) is 16.8. The molecule has 0 unspecified atom stereocenters. The van der Waals surface area contributed by atoms with Crippen LogP contribution in [0.25, 0.3) is 10.9 Å². The maximum absolute atomic E-state index is 12.6. The molecule has 1 aromatic heterocycles. The van der Waals surface area contributed by atoms with Gasteiger partial charge in [0.05, 0.1) is 24.4 Å². The second-order valence-electron chi connectivity index (χ2n) is 7.26. The van der Waals surface area contributed by atoms with Crippen LogP contribution in [0.15, 0.2) is 53.3 Å². The van der Waals surface area contributed by atoms with E-state index in [2.05, 4.69) is 10.2 Å². The van der Waals surface area contributed by atoms with E-state index in [1.807, 2.05) is 56.3 Å². The molecule has 0 saturated carbocycles. The number of carbonyl (C=O) groups excluding carboxylic acids is 1. The third-order valence-electron chi connectivity index (χ3n) is 5.33. The normalized spacial score (nSPS) is 14.2. The number of benzene rings is 2. The minimum Gasteiger partial charge on any atom is -0.378 e. The summed E-state index contributed by atoms with van der Waals surface area (Å²) in [5.74, 6) is -0.152. The summed E-state index contributed by atoms with van der Waals surface area (Å²) in [4.78, 5) is 27.4. The molecule has 0 spiro atoms. The molecule has 2 heterocycles. The van der Waals surface area contributed by atoms with E-state index in [9.17, 15) is 9.59 Å². The smallest absolute Gasteiger partial charge is 0.255 e. The van der Waals surface area contributed by atoms with Gasteiger partial charge in [-0.05, 0) is 44.2 Å². The number of carbonyl (C=O) groups is 1. The number of nitrogens with zero attached hydrogens (tertiary/aromatic N) is 2. The van der Waals surface area contributed by atoms with Crippen LogP contribution in [0.2, 0.25) is 0 Å². The van der Waals surface area contributed by atoms with E-state index in [4.69, 9.17) is 4.74 Å². The molecular formula is C23H25N3O3. The second-order valence-corrected chi connectivity index (χ2v) is 7.26. The van der Waals surface area contributed by atoms with Gasteiger partial charge in [-0.25, -0.2) is 0 Å². The number of amides is 1. The molecule has 150 valence electrons. The molecule has 0 radical (unpaired) electrons. The Morgan fingerprint density at radius 2 is 1.79 bits per heavy atom. The molecule has 2 aromatic carbocycles. The van der Waals surface area contributed by atoms with Gasteiger partial charge in [0.25, 0.3) is 11.5 Å². The van der Waals surface area contributed by atoms with E-state index >= 15 is 0 Å². The van der Waals surface area contributed by atoms with Gasteiger partial charge in [0.2, 0.25) is 0 Å². The third kappa shape index (κ3) is 3.89. The van der Waals surface area contributed by atoms with E-state index in [0.29, 0.717) is 31.0 Å². The highest BCUT2D eigenvalue weighted by Crippen LogP contribution is 2.29. The summed E-state index contributed by atoms with van der Waals surface area (Å²) in [6, 6.07) is 14.9. The van der Waals surface area contributed by atoms with Crippen molar-refractivity contribution < 1.29 is 9.53 Å². The summed E-state index contributed by atoms with van der Waals surface area (Å²) in [6.07, 6.45) is 0. The summed E-state index contributed by atoms with van der Waals surface area (Å²) in [7, 11) is 0. The van der Waals surface area contributed by atoms with Crippen LogP contribution in [-0.4, -0.2) is 36.8 Å². The van der Waals surface area contributed by atoms with Crippen molar-refractivity contribution in [2.45, 2.75) is 20.4 Å². The Kier molecular flexibility index (Phi) is 5.36. The minimum atomic E-state index is -0.152. The number of anilines is 2. The Morgan fingerprint density at radius 1 is 1.07 bits per heavy atom. The third-order valence-corrected chi connectivity index (χ3v) is 5.33. The zero-order valence-electron chi connectivity index (χ0n) is 16.8. The molecule has 0 bridgehead atoms. The van der Waals surface area contributed by atoms with Gasteiger partial charge in [0.15, 0.2) is 0 Å². The number of aromatic nitrogens is 1. The Bertz CT molecular complexity index is 1100. The summed E-state index contributed by atoms with van der Waals surface area (Å²) in [5.41, 5.74) is 4.18. The van der Waals surface area contributed by atoms with Crippen LogP contribution in [0.5, 0.6) is 0 Å². The van der Waals surface area contributed by atoms with Crippen molar-refractivity contribution in [1.82, 2.24) is 4.57 Å². The van der Waals surface area contributed by atoms with Gasteiger partial charge in [0.1, 0.15) is 0 Å². The minimum absolute atomic E-state index is 0.0158. The van der Waals surface area contributed by atoms with Crippen molar-refractivity contribution >= 4 is 28.2 Å². The molecule has 0 atom stereocenters. The van der Waals surface area contributed by atoms with Crippen LogP contribution in [0.1, 0.15) is 22.8 Å². The molecule has 1 amide bonds. The van der Waals surface area contributed by atoms with E-state index in [-0.39, 0.29) is 11.5 Å². The molecule has 29 heavy (non-hydrogen) atoms. The van der Waals surface area contributed by atoms with Gasteiger partial charge in [-0.15, -0.1) is 0 Å². The Morgan fingerprint density at radius 3 is 2.48 bits per heavy atom. The molecule has 1 aliphatic rings. The first-order chi connectivity index (χ1) is 14.1. The van der Waals surface area contributed by atoms with Crippen LogP contribution in [0.3, 0.4) is 0 Å². The van der Waals surface area contributed by atoms with Gasteiger partial charge >= 0.3 is 0 Å². The molecule has 1 N–H and O–H groups in total. The molecular weight excluding hydrogens is 366 g/mol. The van der Waals surface area contributed by atoms with E-state index in [1.165, 1.54) is 0 Å². The number of aryl methyl sites for hydroxylation is 2. The number of hydrogen-bond donors (Lipinski definition) is 1. The van der Waals surface area contributed by atoms with Crippen molar-refractivity contribution in [1.29, 1.82) is 0 Å². The molecule has 1 saturated heterocycles. The fourth-order valence-corrected chi connectivity index (χ4v) is 3.75. The molecule has 4 rings (SSSR count). The molecule has 1 fully saturated rings. The summed E-state index contributed by atoms with van der Waals surface area (Å²) in [6.45, 7) is 7.31. The largest absolute Gasteiger partial charge is 0.378 e. The SMILES string of the molecule is CCn1c(=O)cc(N2CCOCC2)c2cc(NC(=O)c3ccc(C)cc3)ccc21. The Balaban J connectivity index is 1.74. The fraction of sp³-hybridized carbons (Fsp3) is 0.304. The first kappa shape index (κ1) is 19.2. The maximum atomic E-state index is 12.6. The lowest BCUT2D eigenvalue weighted by Crippen LogP contribution is -2.37. The first-order valence-corrected chi connectivity index (χ1v) is 9.95. The number of pyridine rings is 1. The van der Waals surface area contributed by atoms with Gasteiger partial charge in [-0.3, -0.25) is 9.59 Å². The van der Waals surface area contributed by atoms with Crippen molar-refractivity contribution in [2.75, 3.05) is 36.5 Å². The van der Waals surface area contributed by atoms with E-state index in [1.54, 1.807) is 10.6 Å². The number of morpholine rings is 1. The van der Waals surface area contributed by atoms with E-state index in [0.717, 1.165) is 35.2 Å². The number of ether oxygens (including phenoxy) is 1. The quantitative estimate of drug-likeness (QED) is 0.740. The summed E-state index contributed by atoms with van der Waals surface area (Å²) >= 11 is 0. The van der Waals surface area contributed by atoms with Crippen LogP contribution >= 0.6 is 0 Å². The fourth-order valence-electron chi connectivity index (χ4n) is 3.75. The number of rotatable bonds is 4. The van der Waals surface area contributed by atoms with Gasteiger partial charge in [-0.1, -0.05) is 17.7 Å². The van der Waals surface area contributed by atoms with Gasteiger partial charge < -0.3 is 19.5 Å². The van der Waals surface area contributed by atoms with Crippen molar-refractivity contribution in [3.8, 4) is 0 Å². The summed E-state index contributed by atoms with van der Waals surface area (Å²) < 4.78 is 7.21. The lowest BCUT2D eigenvalue weighted by atomic mass is 10.1. The highest BCUT2D eigenvalue weighted by atomic mass is 16.5. The Labute approximate surface area is 169 Å². The molecule has 0 aliphatic carbocycles. The van der Waals surface area contributed by atoms with E-state index < -0.39 is 0 Å². The van der Waals surface area contributed by atoms with Crippen molar-refractivity contribution in [2.24, 2.45) is 0 Å². The van der Waals surface area contributed by atoms with Crippen molar-refractivity contribution in [3.05, 3.63) is 70.0 Å².